The molecule has 0 N–H and O–H groups in total. The zero-order chi connectivity index (χ0) is 22.4. The average molecular weight is 424 g/mol. The van der Waals surface area contributed by atoms with Gasteiger partial charge >= 0.3 is 0 Å². The first-order valence-electron chi connectivity index (χ1n) is 10.1. The normalized spacial score (nSPS) is 17.1. The van der Waals surface area contributed by atoms with E-state index in [2.05, 4.69) is 11.8 Å². The SMILES string of the molecule is CCN1C/C(=C/c2cc(OC)cc(OC)c2)C(=O)/C(=C/c2cc(OC)cc(OC)c2)C1. The summed E-state index contributed by atoms with van der Waals surface area (Å²) in [4.78, 5) is 15.6. The van der Waals surface area contributed by atoms with E-state index in [4.69, 9.17) is 18.9 Å². The minimum atomic E-state index is 0.0354. The number of ether oxygens (including phenoxy) is 4. The number of piperidine rings is 1. The molecule has 31 heavy (non-hydrogen) atoms. The minimum absolute atomic E-state index is 0.0354. The molecule has 6 nitrogen and oxygen atoms in total. The predicted molar refractivity (Wildman–Crippen MR) is 122 cm³/mol. The van der Waals surface area contributed by atoms with E-state index in [1.54, 1.807) is 28.4 Å². The highest BCUT2D eigenvalue weighted by Crippen LogP contribution is 2.28. The number of methoxy groups -OCH3 is 4. The molecule has 0 spiro atoms. The summed E-state index contributed by atoms with van der Waals surface area (Å²) in [7, 11) is 6.44. The van der Waals surface area contributed by atoms with Gasteiger partial charge < -0.3 is 18.9 Å². The van der Waals surface area contributed by atoms with Crippen LogP contribution in [0.1, 0.15) is 18.1 Å². The van der Waals surface area contributed by atoms with Gasteiger partial charge in [-0.1, -0.05) is 6.92 Å². The van der Waals surface area contributed by atoms with E-state index in [9.17, 15) is 4.79 Å². The molecule has 1 aliphatic rings. The van der Waals surface area contributed by atoms with Crippen molar-refractivity contribution in [2.75, 3.05) is 48.1 Å². The van der Waals surface area contributed by atoms with Crippen LogP contribution in [0.4, 0.5) is 0 Å². The second-order valence-corrected chi connectivity index (χ2v) is 7.26. The van der Waals surface area contributed by atoms with Gasteiger partial charge in [-0.25, -0.2) is 0 Å². The second kappa shape index (κ2) is 10.2. The van der Waals surface area contributed by atoms with E-state index < -0.39 is 0 Å². The Morgan fingerprint density at radius 1 is 0.710 bits per heavy atom. The van der Waals surface area contributed by atoms with E-state index in [-0.39, 0.29) is 5.78 Å². The first kappa shape index (κ1) is 22.4. The number of hydrogen-bond donors (Lipinski definition) is 0. The molecule has 1 fully saturated rings. The summed E-state index contributed by atoms with van der Waals surface area (Å²) in [5, 5.41) is 0. The van der Waals surface area contributed by atoms with Gasteiger partial charge in [0, 0.05) is 36.4 Å². The number of hydrogen-bond acceptors (Lipinski definition) is 6. The smallest absolute Gasteiger partial charge is 0.187 e. The van der Waals surface area contributed by atoms with E-state index in [0.717, 1.165) is 28.8 Å². The van der Waals surface area contributed by atoms with Crippen molar-refractivity contribution >= 4 is 17.9 Å². The van der Waals surface area contributed by atoms with Crippen LogP contribution >= 0.6 is 0 Å². The molecule has 0 amide bonds. The Kier molecular flexibility index (Phi) is 7.36. The number of ketones is 1. The summed E-state index contributed by atoms with van der Waals surface area (Å²) in [6, 6.07) is 11.2. The highest BCUT2D eigenvalue weighted by molar-refractivity contribution is 6.14. The molecule has 0 atom stereocenters. The Morgan fingerprint density at radius 2 is 1.06 bits per heavy atom. The summed E-state index contributed by atoms with van der Waals surface area (Å²) in [6.45, 7) is 4.11. The Hall–Kier alpha value is -3.25. The number of rotatable bonds is 7. The Morgan fingerprint density at radius 3 is 1.35 bits per heavy atom. The summed E-state index contributed by atoms with van der Waals surface area (Å²) >= 11 is 0. The van der Waals surface area contributed by atoms with Gasteiger partial charge in [-0.15, -0.1) is 0 Å². The van der Waals surface area contributed by atoms with Crippen molar-refractivity contribution in [2.45, 2.75) is 6.92 Å². The maximum Gasteiger partial charge on any atom is 0.187 e. The molecule has 0 radical (unpaired) electrons. The summed E-state index contributed by atoms with van der Waals surface area (Å²) in [5.41, 5.74) is 3.17. The standard InChI is InChI=1S/C25H29NO5/c1-6-26-15-19(7-17-9-21(28-2)13-22(10-17)29-3)25(27)20(16-26)8-18-11-23(30-4)14-24(12-18)31-5/h7-14H,6,15-16H2,1-5H3/b19-7-,20-8+. The molecule has 164 valence electrons. The number of carbonyl (C=O) groups is 1. The van der Waals surface area contributed by atoms with E-state index >= 15 is 0 Å². The van der Waals surface area contributed by atoms with E-state index in [1.807, 2.05) is 48.6 Å². The molecule has 1 aliphatic heterocycles. The number of likely N-dealkylation sites (tertiary alicyclic amines) is 1. The molecule has 1 saturated heterocycles. The van der Waals surface area contributed by atoms with Gasteiger partial charge in [0.15, 0.2) is 5.78 Å². The monoisotopic (exact) mass is 423 g/mol. The van der Waals surface area contributed by atoms with Crippen molar-refractivity contribution in [2.24, 2.45) is 0 Å². The molecule has 2 aromatic carbocycles. The van der Waals surface area contributed by atoms with Gasteiger partial charge in [-0.05, 0) is 54.1 Å². The molecule has 2 aromatic rings. The van der Waals surface area contributed by atoms with Crippen molar-refractivity contribution in [3.05, 3.63) is 58.7 Å². The highest BCUT2D eigenvalue weighted by Gasteiger charge is 2.25. The molecule has 0 unspecified atom stereocenters. The van der Waals surface area contributed by atoms with Crippen molar-refractivity contribution in [3.8, 4) is 23.0 Å². The fourth-order valence-electron chi connectivity index (χ4n) is 3.56. The van der Waals surface area contributed by atoms with Crippen LogP contribution in [0.25, 0.3) is 12.2 Å². The largest absolute Gasteiger partial charge is 0.497 e. The van der Waals surface area contributed by atoms with E-state index in [1.165, 1.54) is 0 Å². The summed E-state index contributed by atoms with van der Waals surface area (Å²) in [6.07, 6.45) is 3.82. The van der Waals surface area contributed by atoms with Crippen LogP contribution < -0.4 is 18.9 Å². The topological polar surface area (TPSA) is 57.2 Å². The number of nitrogens with zero attached hydrogens (tertiary/aromatic N) is 1. The van der Waals surface area contributed by atoms with Crippen molar-refractivity contribution in [1.29, 1.82) is 0 Å². The highest BCUT2D eigenvalue weighted by atomic mass is 16.5. The molecule has 6 heteroatoms. The lowest BCUT2D eigenvalue weighted by atomic mass is 9.94. The predicted octanol–water partition coefficient (Wildman–Crippen LogP) is 4.09. The maximum absolute atomic E-state index is 13.3. The van der Waals surface area contributed by atoms with Gasteiger partial charge in [0.25, 0.3) is 0 Å². The maximum atomic E-state index is 13.3. The minimum Gasteiger partial charge on any atom is -0.497 e. The first-order valence-corrected chi connectivity index (χ1v) is 10.1. The number of Topliss-reactive ketones (excluding diaryl/α,β-unsaturated/α-hetero) is 1. The van der Waals surface area contributed by atoms with Crippen molar-refractivity contribution in [1.82, 2.24) is 4.90 Å². The summed E-state index contributed by atoms with van der Waals surface area (Å²) < 4.78 is 21.4. The fraction of sp³-hybridized carbons (Fsp3) is 0.320. The molecule has 0 aliphatic carbocycles. The third-order valence-corrected chi connectivity index (χ3v) is 5.25. The molecule has 0 bridgehead atoms. The Labute approximate surface area is 183 Å². The van der Waals surface area contributed by atoms with Crippen molar-refractivity contribution < 1.29 is 23.7 Å². The van der Waals surface area contributed by atoms with Gasteiger partial charge in [-0.3, -0.25) is 9.69 Å². The lowest BCUT2D eigenvalue weighted by Crippen LogP contribution is -2.37. The number of carbonyl (C=O) groups excluding carboxylic acids is 1. The Bertz CT molecular complexity index is 887. The van der Waals surface area contributed by atoms with Crippen LogP contribution in [0, 0.1) is 0 Å². The van der Waals surface area contributed by atoms with Crippen LogP contribution in [0.5, 0.6) is 23.0 Å². The zero-order valence-corrected chi connectivity index (χ0v) is 18.7. The quantitative estimate of drug-likeness (QED) is 0.625. The van der Waals surface area contributed by atoms with Gasteiger partial charge in [-0.2, -0.15) is 0 Å². The zero-order valence-electron chi connectivity index (χ0n) is 18.7. The van der Waals surface area contributed by atoms with Crippen LogP contribution in [-0.2, 0) is 4.79 Å². The van der Waals surface area contributed by atoms with Gasteiger partial charge in [0.2, 0.25) is 0 Å². The van der Waals surface area contributed by atoms with Crippen LogP contribution in [0.3, 0.4) is 0 Å². The third kappa shape index (κ3) is 5.47. The number of likely N-dealkylation sites (N-methyl/N-ethyl adjacent to an activating group) is 1. The third-order valence-electron chi connectivity index (χ3n) is 5.25. The molecule has 1 heterocycles. The lowest BCUT2D eigenvalue weighted by Gasteiger charge is -2.28. The lowest BCUT2D eigenvalue weighted by molar-refractivity contribution is -0.113. The Balaban J connectivity index is 2.00. The molecular weight excluding hydrogens is 394 g/mol. The molecule has 0 saturated carbocycles. The summed E-state index contributed by atoms with van der Waals surface area (Å²) in [5.74, 6) is 2.76. The second-order valence-electron chi connectivity index (χ2n) is 7.26. The van der Waals surface area contributed by atoms with Crippen LogP contribution in [0.2, 0.25) is 0 Å². The molecule has 0 aromatic heterocycles. The van der Waals surface area contributed by atoms with E-state index in [0.29, 0.717) is 36.1 Å². The molecule has 3 rings (SSSR count). The fourth-order valence-corrected chi connectivity index (χ4v) is 3.56. The first-order chi connectivity index (χ1) is 15.0. The van der Waals surface area contributed by atoms with Crippen molar-refractivity contribution in [3.63, 3.8) is 0 Å². The molecular formula is C25H29NO5. The van der Waals surface area contributed by atoms with Crippen LogP contribution in [-0.4, -0.2) is 58.8 Å². The van der Waals surface area contributed by atoms with Crippen LogP contribution in [0.15, 0.2) is 47.5 Å². The van der Waals surface area contributed by atoms with Gasteiger partial charge in [0.1, 0.15) is 23.0 Å². The average Bonchev–Trinajstić information content (AvgIpc) is 2.80. The van der Waals surface area contributed by atoms with Gasteiger partial charge in [0.05, 0.1) is 28.4 Å². The number of benzene rings is 2.